The topological polar surface area (TPSA) is 29.3 Å². The number of anilines is 1. The van der Waals surface area contributed by atoms with E-state index < -0.39 is 17.1 Å². The van der Waals surface area contributed by atoms with Gasteiger partial charge in [0.2, 0.25) is 0 Å². The van der Waals surface area contributed by atoms with Crippen molar-refractivity contribution in [2.75, 3.05) is 18.0 Å². The van der Waals surface area contributed by atoms with Gasteiger partial charge in [-0.3, -0.25) is 0 Å². The number of thiocarbonyl (C=S) groups is 1. The Balaban J connectivity index is 2.91. The quantitative estimate of drug-likeness (QED) is 0.778. The molecule has 0 spiro atoms. The number of unbranched alkanes of at least 4 members (excludes halogenated alkanes) is 1. The van der Waals surface area contributed by atoms with E-state index in [1.807, 2.05) is 13.0 Å². The van der Waals surface area contributed by atoms with Crippen LogP contribution in [0.1, 0.15) is 19.8 Å². The van der Waals surface area contributed by atoms with Gasteiger partial charge in [-0.05, 0) is 18.6 Å². The zero-order valence-corrected chi connectivity index (χ0v) is 12.2. The van der Waals surface area contributed by atoms with Crippen molar-refractivity contribution < 1.29 is 13.2 Å². The molecule has 1 unspecified atom stereocenters. The number of alkyl halides is 3. The van der Waals surface area contributed by atoms with Gasteiger partial charge in [0.1, 0.15) is 5.92 Å². The largest absolute Gasteiger partial charge is 0.399 e. The second-order valence-corrected chi connectivity index (χ2v) is 5.10. The van der Waals surface area contributed by atoms with Crippen molar-refractivity contribution in [2.24, 2.45) is 11.7 Å². The van der Waals surface area contributed by atoms with Gasteiger partial charge >= 0.3 is 6.18 Å². The molecule has 0 aromatic heterocycles. The number of nitrogens with two attached hydrogens (primary N) is 1. The highest BCUT2D eigenvalue weighted by atomic mass is 32.1. The molecule has 0 saturated carbocycles. The van der Waals surface area contributed by atoms with Gasteiger partial charge in [-0.25, -0.2) is 0 Å². The third-order valence-corrected chi connectivity index (χ3v) is 3.33. The first-order valence-electron chi connectivity index (χ1n) is 6.52. The van der Waals surface area contributed by atoms with Crippen molar-refractivity contribution in [3.8, 4) is 0 Å². The average Bonchev–Trinajstić information content (AvgIpc) is 2.38. The summed E-state index contributed by atoms with van der Waals surface area (Å²) in [7, 11) is 0. The van der Waals surface area contributed by atoms with Crippen LogP contribution in [0.5, 0.6) is 0 Å². The maximum atomic E-state index is 13.0. The Labute approximate surface area is 122 Å². The van der Waals surface area contributed by atoms with E-state index in [0.29, 0.717) is 6.54 Å². The molecule has 0 saturated heterocycles. The van der Waals surface area contributed by atoms with E-state index in [-0.39, 0.29) is 6.54 Å². The Morgan fingerprint density at radius 3 is 2.35 bits per heavy atom. The Kier molecular flexibility index (Phi) is 6.26. The van der Waals surface area contributed by atoms with E-state index in [4.69, 9.17) is 5.73 Å². The van der Waals surface area contributed by atoms with Crippen LogP contribution in [0.25, 0.3) is 0 Å². The molecule has 0 aliphatic rings. The van der Waals surface area contributed by atoms with E-state index >= 15 is 0 Å². The molecule has 6 heteroatoms. The molecule has 112 valence electrons. The van der Waals surface area contributed by atoms with Crippen LogP contribution in [0.15, 0.2) is 30.3 Å². The lowest BCUT2D eigenvalue weighted by Gasteiger charge is -2.30. The van der Waals surface area contributed by atoms with Crippen LogP contribution < -0.4 is 10.6 Å². The SMILES string of the molecule is CCCCN(CC(C(N)=S)C(F)(F)F)c1ccccc1. The van der Waals surface area contributed by atoms with Crippen LogP contribution in [0.3, 0.4) is 0 Å². The third kappa shape index (κ3) is 5.00. The van der Waals surface area contributed by atoms with Gasteiger partial charge in [-0.15, -0.1) is 0 Å². The van der Waals surface area contributed by atoms with Gasteiger partial charge in [0, 0.05) is 18.8 Å². The van der Waals surface area contributed by atoms with E-state index in [1.54, 1.807) is 29.2 Å². The predicted octanol–water partition coefficient (Wildman–Crippen LogP) is 3.76. The van der Waals surface area contributed by atoms with Crippen molar-refractivity contribution in [3.63, 3.8) is 0 Å². The summed E-state index contributed by atoms with van der Waals surface area (Å²) in [6, 6.07) is 9.02. The van der Waals surface area contributed by atoms with Gasteiger partial charge in [-0.1, -0.05) is 43.8 Å². The van der Waals surface area contributed by atoms with Gasteiger partial charge < -0.3 is 10.6 Å². The van der Waals surface area contributed by atoms with E-state index in [0.717, 1.165) is 18.5 Å². The first-order valence-corrected chi connectivity index (χ1v) is 6.93. The minimum absolute atomic E-state index is 0.233. The molecule has 1 aromatic rings. The fraction of sp³-hybridized carbons (Fsp3) is 0.500. The summed E-state index contributed by atoms with van der Waals surface area (Å²) in [6.45, 7) is 2.32. The lowest BCUT2D eigenvalue weighted by atomic mass is 10.1. The fourth-order valence-corrected chi connectivity index (χ4v) is 2.10. The van der Waals surface area contributed by atoms with Crippen molar-refractivity contribution in [1.82, 2.24) is 0 Å². The normalized spacial score (nSPS) is 13.0. The Morgan fingerprint density at radius 1 is 1.30 bits per heavy atom. The second kappa shape index (κ2) is 7.47. The Morgan fingerprint density at radius 2 is 1.90 bits per heavy atom. The number of benzene rings is 1. The summed E-state index contributed by atoms with van der Waals surface area (Å²) in [5.41, 5.74) is 6.02. The molecule has 1 rings (SSSR count). The molecule has 2 N–H and O–H groups in total. The number of nitrogens with zero attached hydrogens (tertiary/aromatic N) is 1. The van der Waals surface area contributed by atoms with Gasteiger partial charge in [0.05, 0.1) is 4.99 Å². The van der Waals surface area contributed by atoms with Crippen LogP contribution in [-0.4, -0.2) is 24.3 Å². The Bertz CT molecular complexity index is 420. The zero-order chi connectivity index (χ0) is 15.2. The average molecular weight is 304 g/mol. The van der Waals surface area contributed by atoms with Crippen molar-refractivity contribution in [1.29, 1.82) is 0 Å². The van der Waals surface area contributed by atoms with E-state index in [1.165, 1.54) is 0 Å². The molecule has 0 amide bonds. The van der Waals surface area contributed by atoms with Crippen molar-refractivity contribution in [3.05, 3.63) is 30.3 Å². The van der Waals surface area contributed by atoms with Crippen LogP contribution >= 0.6 is 12.2 Å². The number of rotatable bonds is 7. The van der Waals surface area contributed by atoms with Crippen LogP contribution in [-0.2, 0) is 0 Å². The molecule has 1 aromatic carbocycles. The lowest BCUT2D eigenvalue weighted by Crippen LogP contribution is -2.44. The second-order valence-electron chi connectivity index (χ2n) is 4.63. The molecule has 0 radical (unpaired) electrons. The molecule has 1 atom stereocenters. The summed E-state index contributed by atoms with van der Waals surface area (Å²) in [5, 5.41) is 0. The van der Waals surface area contributed by atoms with Crippen molar-refractivity contribution in [2.45, 2.75) is 25.9 Å². The summed E-state index contributed by atoms with van der Waals surface area (Å²) in [6.07, 6.45) is -2.69. The van der Waals surface area contributed by atoms with Crippen LogP contribution in [0.2, 0.25) is 0 Å². The van der Waals surface area contributed by atoms with Crippen LogP contribution in [0, 0.1) is 5.92 Å². The molecule has 0 aliphatic carbocycles. The molecule has 20 heavy (non-hydrogen) atoms. The molecule has 0 bridgehead atoms. The maximum Gasteiger partial charge on any atom is 0.399 e. The first-order chi connectivity index (χ1) is 9.36. The van der Waals surface area contributed by atoms with Gasteiger partial charge in [0.25, 0.3) is 0 Å². The standard InChI is InChI=1S/C14H19F3N2S/c1-2-3-9-19(11-7-5-4-6-8-11)10-12(13(18)20)14(15,16)17/h4-8,12H,2-3,9-10H2,1H3,(H2,18,20). The molecular weight excluding hydrogens is 285 g/mol. The highest BCUT2D eigenvalue weighted by Crippen LogP contribution is 2.29. The fourth-order valence-electron chi connectivity index (χ4n) is 1.89. The van der Waals surface area contributed by atoms with E-state index in [9.17, 15) is 13.2 Å². The monoisotopic (exact) mass is 304 g/mol. The number of halogens is 3. The minimum atomic E-state index is -4.41. The highest BCUT2D eigenvalue weighted by molar-refractivity contribution is 7.80. The third-order valence-electron chi connectivity index (χ3n) is 3.04. The number of hydrogen-bond donors (Lipinski definition) is 1. The molecule has 0 heterocycles. The number of hydrogen-bond acceptors (Lipinski definition) is 2. The van der Waals surface area contributed by atoms with Crippen LogP contribution in [0.4, 0.5) is 18.9 Å². The molecule has 0 aliphatic heterocycles. The predicted molar refractivity (Wildman–Crippen MR) is 79.9 cm³/mol. The number of para-hydroxylation sites is 1. The lowest BCUT2D eigenvalue weighted by molar-refractivity contribution is -0.152. The van der Waals surface area contributed by atoms with Gasteiger partial charge in [0.15, 0.2) is 0 Å². The first kappa shape index (κ1) is 16.8. The maximum absolute atomic E-state index is 13.0. The smallest absolute Gasteiger partial charge is 0.393 e. The van der Waals surface area contributed by atoms with E-state index in [2.05, 4.69) is 12.2 Å². The molecule has 0 fully saturated rings. The highest BCUT2D eigenvalue weighted by Gasteiger charge is 2.42. The molecular formula is C14H19F3N2S. The zero-order valence-electron chi connectivity index (χ0n) is 11.4. The Hall–Kier alpha value is -1.30. The summed E-state index contributed by atoms with van der Waals surface area (Å²) < 4.78 is 38.9. The summed E-state index contributed by atoms with van der Waals surface area (Å²) in [5.74, 6) is -1.78. The molecule has 2 nitrogen and oxygen atoms in total. The minimum Gasteiger partial charge on any atom is -0.393 e. The summed E-state index contributed by atoms with van der Waals surface area (Å²) >= 11 is 4.58. The summed E-state index contributed by atoms with van der Waals surface area (Å²) in [4.78, 5) is 1.19. The van der Waals surface area contributed by atoms with Crippen molar-refractivity contribution >= 4 is 22.9 Å². The van der Waals surface area contributed by atoms with Gasteiger partial charge in [-0.2, -0.15) is 13.2 Å².